The van der Waals surface area contributed by atoms with Gasteiger partial charge < -0.3 is 5.73 Å². The lowest BCUT2D eigenvalue weighted by molar-refractivity contribution is 0.623. The second-order valence-corrected chi connectivity index (χ2v) is 5.26. The number of nitrogens with zero attached hydrogens (tertiary/aromatic N) is 1. The summed E-state index contributed by atoms with van der Waals surface area (Å²) in [6.45, 7) is 2.02. The summed E-state index contributed by atoms with van der Waals surface area (Å²) >= 11 is 1.63. The lowest BCUT2D eigenvalue weighted by Crippen LogP contribution is -1.90. The van der Waals surface area contributed by atoms with Crippen molar-refractivity contribution in [2.45, 2.75) is 17.6 Å². The molecule has 2 aromatic rings. The second kappa shape index (κ2) is 5.77. The topological polar surface area (TPSA) is 49.8 Å². The molecule has 0 radical (unpaired) electrons. The number of hydrogen-bond donors (Lipinski definition) is 1. The van der Waals surface area contributed by atoms with Crippen LogP contribution < -0.4 is 5.73 Å². The number of aryl methyl sites for hydroxylation is 1. The fourth-order valence-electron chi connectivity index (χ4n) is 1.68. The van der Waals surface area contributed by atoms with Crippen LogP contribution in [0.25, 0.3) is 0 Å². The van der Waals surface area contributed by atoms with Gasteiger partial charge in [0, 0.05) is 16.3 Å². The maximum absolute atomic E-state index is 13.2. The number of nitriles is 1. The summed E-state index contributed by atoms with van der Waals surface area (Å²) in [6.07, 6.45) is 0. The number of nitrogen functional groups attached to an aromatic ring is 1. The number of thioether (sulfide) groups is 1. The molecular formula is C15H13FN2S. The number of halogens is 1. The number of nitrogens with two attached hydrogens (primary N) is 1. The Hall–Kier alpha value is -1.99. The highest BCUT2D eigenvalue weighted by atomic mass is 32.2. The quantitative estimate of drug-likeness (QED) is 0.681. The van der Waals surface area contributed by atoms with Crippen LogP contribution in [-0.2, 0) is 5.75 Å². The predicted octanol–water partition coefficient (Wildman–Crippen LogP) is 3.88. The standard InChI is InChI=1S/C15H13FN2S/c1-10-2-4-13(18)7-15(10)19-9-11-3-5-14(16)12(6-11)8-17/h2-7H,9,18H2,1H3. The minimum Gasteiger partial charge on any atom is -0.399 e. The number of hydrogen-bond acceptors (Lipinski definition) is 3. The molecule has 0 saturated carbocycles. The van der Waals surface area contributed by atoms with E-state index in [9.17, 15) is 4.39 Å². The summed E-state index contributed by atoms with van der Waals surface area (Å²) in [4.78, 5) is 1.10. The molecule has 0 unspecified atom stereocenters. The summed E-state index contributed by atoms with van der Waals surface area (Å²) in [5.74, 6) is 0.204. The van der Waals surface area contributed by atoms with Gasteiger partial charge in [-0.2, -0.15) is 5.26 Å². The van der Waals surface area contributed by atoms with Gasteiger partial charge in [0.25, 0.3) is 0 Å². The average molecular weight is 272 g/mol. The lowest BCUT2D eigenvalue weighted by atomic mass is 10.1. The third-order valence-electron chi connectivity index (χ3n) is 2.76. The molecule has 2 N–H and O–H groups in total. The van der Waals surface area contributed by atoms with Crippen molar-refractivity contribution in [3.63, 3.8) is 0 Å². The third-order valence-corrected chi connectivity index (χ3v) is 3.99. The van der Waals surface area contributed by atoms with Crippen molar-refractivity contribution >= 4 is 17.4 Å². The molecule has 0 bridgehead atoms. The maximum atomic E-state index is 13.2. The van der Waals surface area contributed by atoms with Gasteiger partial charge in [-0.05, 0) is 42.3 Å². The fraction of sp³-hybridized carbons (Fsp3) is 0.133. The molecule has 4 heteroatoms. The first kappa shape index (κ1) is 13.4. The third kappa shape index (κ3) is 3.27. The molecule has 2 nitrogen and oxygen atoms in total. The minimum atomic E-state index is -0.476. The molecule has 0 aliphatic carbocycles. The summed E-state index contributed by atoms with van der Waals surface area (Å²) in [7, 11) is 0. The Morgan fingerprint density at radius 1 is 1.26 bits per heavy atom. The van der Waals surface area contributed by atoms with Gasteiger partial charge in [-0.25, -0.2) is 4.39 Å². The number of benzene rings is 2. The maximum Gasteiger partial charge on any atom is 0.140 e. The number of anilines is 1. The van der Waals surface area contributed by atoms with Crippen molar-refractivity contribution < 1.29 is 4.39 Å². The van der Waals surface area contributed by atoms with Crippen LogP contribution in [0.4, 0.5) is 10.1 Å². The normalized spacial score (nSPS) is 10.2. The SMILES string of the molecule is Cc1ccc(N)cc1SCc1ccc(F)c(C#N)c1. The van der Waals surface area contributed by atoms with E-state index in [4.69, 9.17) is 11.0 Å². The largest absolute Gasteiger partial charge is 0.399 e. The van der Waals surface area contributed by atoms with Gasteiger partial charge in [0.15, 0.2) is 0 Å². The van der Waals surface area contributed by atoms with Crippen molar-refractivity contribution in [3.8, 4) is 6.07 Å². The molecule has 19 heavy (non-hydrogen) atoms. The van der Waals surface area contributed by atoms with E-state index in [-0.39, 0.29) is 5.56 Å². The minimum absolute atomic E-state index is 0.0856. The van der Waals surface area contributed by atoms with Crippen molar-refractivity contribution in [3.05, 3.63) is 58.9 Å². The Labute approximate surface area is 116 Å². The second-order valence-electron chi connectivity index (χ2n) is 4.24. The molecule has 0 fully saturated rings. The molecule has 0 amide bonds. The van der Waals surface area contributed by atoms with E-state index in [0.29, 0.717) is 5.75 Å². The zero-order valence-electron chi connectivity index (χ0n) is 10.5. The summed E-state index contributed by atoms with van der Waals surface area (Å²) in [5.41, 5.74) is 8.64. The van der Waals surface area contributed by atoms with Crippen molar-refractivity contribution in [2.75, 3.05) is 5.73 Å². The molecule has 0 aliphatic heterocycles. The van der Waals surface area contributed by atoms with Crippen LogP contribution >= 0.6 is 11.8 Å². The first-order valence-electron chi connectivity index (χ1n) is 5.77. The van der Waals surface area contributed by atoms with Crippen LogP contribution in [0.2, 0.25) is 0 Å². The summed E-state index contributed by atoms with van der Waals surface area (Å²) in [6, 6.07) is 12.2. The van der Waals surface area contributed by atoms with Gasteiger partial charge in [0.05, 0.1) is 5.56 Å². The van der Waals surface area contributed by atoms with Crippen LogP contribution in [0.3, 0.4) is 0 Å². The zero-order valence-corrected chi connectivity index (χ0v) is 11.3. The van der Waals surface area contributed by atoms with Crippen LogP contribution in [0.1, 0.15) is 16.7 Å². The Bertz CT molecular complexity index is 647. The molecule has 0 atom stereocenters. The summed E-state index contributed by atoms with van der Waals surface area (Å²) in [5, 5.41) is 8.80. The highest BCUT2D eigenvalue weighted by Crippen LogP contribution is 2.28. The fourth-order valence-corrected chi connectivity index (χ4v) is 2.70. The highest BCUT2D eigenvalue weighted by Gasteiger charge is 2.05. The highest BCUT2D eigenvalue weighted by molar-refractivity contribution is 7.98. The van der Waals surface area contributed by atoms with Gasteiger partial charge in [-0.1, -0.05) is 12.1 Å². The Morgan fingerprint density at radius 3 is 2.79 bits per heavy atom. The molecule has 0 spiro atoms. The zero-order chi connectivity index (χ0) is 13.8. The molecule has 0 saturated heterocycles. The van der Waals surface area contributed by atoms with Crippen LogP contribution in [0, 0.1) is 24.1 Å². The first-order valence-corrected chi connectivity index (χ1v) is 6.76. The van der Waals surface area contributed by atoms with Gasteiger partial charge in [0.1, 0.15) is 11.9 Å². The van der Waals surface area contributed by atoms with Crippen LogP contribution in [0.15, 0.2) is 41.3 Å². The van der Waals surface area contributed by atoms with Gasteiger partial charge in [-0.15, -0.1) is 11.8 Å². The molecule has 0 aromatic heterocycles. The van der Waals surface area contributed by atoms with E-state index < -0.39 is 5.82 Å². The monoisotopic (exact) mass is 272 g/mol. The van der Waals surface area contributed by atoms with Crippen molar-refractivity contribution in [1.29, 1.82) is 5.26 Å². The van der Waals surface area contributed by atoms with Gasteiger partial charge >= 0.3 is 0 Å². The smallest absolute Gasteiger partial charge is 0.140 e. The van der Waals surface area contributed by atoms with E-state index >= 15 is 0 Å². The Kier molecular flexibility index (Phi) is 4.08. The number of rotatable bonds is 3. The van der Waals surface area contributed by atoms with E-state index in [1.807, 2.05) is 31.2 Å². The van der Waals surface area contributed by atoms with Crippen molar-refractivity contribution in [1.82, 2.24) is 0 Å². The van der Waals surface area contributed by atoms with Crippen LogP contribution in [-0.4, -0.2) is 0 Å². The molecule has 96 valence electrons. The summed E-state index contributed by atoms with van der Waals surface area (Å²) < 4.78 is 13.2. The molecule has 0 aliphatic rings. The van der Waals surface area contributed by atoms with Crippen LogP contribution in [0.5, 0.6) is 0 Å². The van der Waals surface area contributed by atoms with E-state index in [1.54, 1.807) is 23.9 Å². The van der Waals surface area contributed by atoms with E-state index in [2.05, 4.69) is 0 Å². The molecule has 0 heterocycles. The Morgan fingerprint density at radius 2 is 2.05 bits per heavy atom. The van der Waals surface area contributed by atoms with Gasteiger partial charge in [0.2, 0.25) is 0 Å². The van der Waals surface area contributed by atoms with E-state index in [0.717, 1.165) is 21.7 Å². The van der Waals surface area contributed by atoms with Crippen molar-refractivity contribution in [2.24, 2.45) is 0 Å². The lowest BCUT2D eigenvalue weighted by Gasteiger charge is -2.07. The van der Waals surface area contributed by atoms with Gasteiger partial charge in [-0.3, -0.25) is 0 Å². The predicted molar refractivity (Wildman–Crippen MR) is 76.3 cm³/mol. The average Bonchev–Trinajstić information content (AvgIpc) is 2.41. The molecule has 2 rings (SSSR count). The molecule has 2 aromatic carbocycles. The Balaban J connectivity index is 2.15. The molecular weight excluding hydrogens is 259 g/mol. The first-order chi connectivity index (χ1) is 9.10. The van der Waals surface area contributed by atoms with E-state index in [1.165, 1.54) is 6.07 Å².